The molecule has 0 aromatic heterocycles. The molecule has 8 heteroatoms. The van der Waals surface area contributed by atoms with Crippen LogP contribution in [0.4, 0.5) is 0 Å². The molecule has 0 bridgehead atoms. The molecule has 1 amide bonds. The number of carbonyl (C=O) groups is 1. The molecule has 0 spiro atoms. The van der Waals surface area contributed by atoms with Crippen LogP contribution in [0.15, 0.2) is 50.8 Å². The maximum Gasteiger partial charge on any atom is 0.266 e. The monoisotopic (exact) mass is 708 g/mol. The van der Waals surface area contributed by atoms with E-state index in [9.17, 15) is 4.79 Å². The van der Waals surface area contributed by atoms with Gasteiger partial charge in [0.2, 0.25) is 0 Å². The summed E-state index contributed by atoms with van der Waals surface area (Å²) in [5, 5.41) is 0.913. The summed E-state index contributed by atoms with van der Waals surface area (Å²) in [6, 6.07) is 12.7. The standard InChI is InChI=1S/C30H34BrIN2O3S/c1-36-26-17-21(16-25(32)28(26)37-19-20-12-14-22(31)15-13-20)18-27-29(35)34(24-10-6-3-7-11-24)30(38-27)33-23-8-4-2-5-9-23/h12-18,23-24H,2-11,19H2,1H3. The second-order valence-electron chi connectivity index (χ2n) is 10.2. The van der Waals surface area contributed by atoms with Crippen molar-refractivity contribution < 1.29 is 14.3 Å². The molecule has 2 aromatic rings. The largest absolute Gasteiger partial charge is 0.493 e. The summed E-state index contributed by atoms with van der Waals surface area (Å²) in [5.74, 6) is 1.48. The number of benzene rings is 2. The summed E-state index contributed by atoms with van der Waals surface area (Å²) >= 11 is 7.31. The number of nitrogens with zero attached hydrogens (tertiary/aromatic N) is 2. The number of hydrogen-bond donors (Lipinski definition) is 0. The molecule has 1 aliphatic heterocycles. The van der Waals surface area contributed by atoms with Crippen LogP contribution in [0.2, 0.25) is 0 Å². The lowest BCUT2D eigenvalue weighted by molar-refractivity contribution is -0.124. The van der Waals surface area contributed by atoms with Crippen molar-refractivity contribution in [2.45, 2.75) is 82.9 Å². The molecule has 0 radical (unpaired) electrons. The molecular formula is C30H34BrIN2O3S. The van der Waals surface area contributed by atoms with E-state index in [0.717, 1.165) is 54.9 Å². The van der Waals surface area contributed by atoms with Crippen LogP contribution in [0.25, 0.3) is 6.08 Å². The van der Waals surface area contributed by atoms with Gasteiger partial charge in [-0.1, -0.05) is 66.6 Å². The van der Waals surface area contributed by atoms with Crippen molar-refractivity contribution in [1.82, 2.24) is 4.90 Å². The van der Waals surface area contributed by atoms with Crippen molar-refractivity contribution in [3.05, 3.63) is 60.5 Å². The van der Waals surface area contributed by atoms with E-state index in [4.69, 9.17) is 14.5 Å². The number of aliphatic imine (C=N–C) groups is 1. The minimum atomic E-state index is 0.0981. The quantitative estimate of drug-likeness (QED) is 0.214. The predicted octanol–water partition coefficient (Wildman–Crippen LogP) is 8.58. The third-order valence-electron chi connectivity index (χ3n) is 7.49. The van der Waals surface area contributed by atoms with Crippen LogP contribution >= 0.6 is 50.3 Å². The van der Waals surface area contributed by atoms with Gasteiger partial charge in [-0.25, -0.2) is 0 Å². The topological polar surface area (TPSA) is 51.1 Å². The molecule has 0 atom stereocenters. The lowest BCUT2D eigenvalue weighted by atomic mass is 9.94. The van der Waals surface area contributed by atoms with Crippen molar-refractivity contribution in [1.29, 1.82) is 0 Å². The first kappa shape index (κ1) is 28.0. The number of ether oxygens (including phenoxy) is 2. The Morgan fingerprint density at radius 2 is 1.74 bits per heavy atom. The number of hydrogen-bond acceptors (Lipinski definition) is 5. The molecule has 3 aliphatic rings. The maximum absolute atomic E-state index is 13.7. The number of amidine groups is 1. The highest BCUT2D eigenvalue weighted by Crippen LogP contribution is 2.40. The zero-order chi connectivity index (χ0) is 26.5. The maximum atomic E-state index is 13.7. The van der Waals surface area contributed by atoms with E-state index in [2.05, 4.69) is 44.6 Å². The number of rotatable bonds is 7. The molecule has 2 aromatic carbocycles. The Labute approximate surface area is 252 Å². The van der Waals surface area contributed by atoms with Crippen molar-refractivity contribution in [2.24, 2.45) is 4.99 Å². The molecule has 5 rings (SSSR count). The molecule has 0 N–H and O–H groups in total. The van der Waals surface area contributed by atoms with Crippen LogP contribution < -0.4 is 9.47 Å². The van der Waals surface area contributed by atoms with E-state index in [-0.39, 0.29) is 11.9 Å². The van der Waals surface area contributed by atoms with Gasteiger partial charge in [0.05, 0.1) is 21.6 Å². The van der Waals surface area contributed by atoms with Gasteiger partial charge in [0.1, 0.15) is 6.61 Å². The van der Waals surface area contributed by atoms with Crippen molar-refractivity contribution in [2.75, 3.05) is 7.11 Å². The second-order valence-corrected chi connectivity index (χ2v) is 13.3. The third-order valence-corrected chi connectivity index (χ3v) is 9.82. The molecule has 5 nitrogen and oxygen atoms in total. The Morgan fingerprint density at radius 3 is 2.42 bits per heavy atom. The Morgan fingerprint density at radius 1 is 1.05 bits per heavy atom. The van der Waals surface area contributed by atoms with E-state index < -0.39 is 0 Å². The molecule has 1 heterocycles. The molecule has 0 unspecified atom stereocenters. The molecule has 38 heavy (non-hydrogen) atoms. The van der Waals surface area contributed by atoms with E-state index in [1.54, 1.807) is 18.9 Å². The van der Waals surface area contributed by atoms with Crippen LogP contribution in [0.3, 0.4) is 0 Å². The summed E-state index contributed by atoms with van der Waals surface area (Å²) in [4.78, 5) is 21.7. The van der Waals surface area contributed by atoms with Crippen LogP contribution in [0.1, 0.15) is 75.3 Å². The summed E-state index contributed by atoms with van der Waals surface area (Å²) < 4.78 is 13.9. The van der Waals surface area contributed by atoms with Crippen LogP contribution in [0, 0.1) is 3.57 Å². The predicted molar refractivity (Wildman–Crippen MR) is 168 cm³/mol. The van der Waals surface area contributed by atoms with Crippen LogP contribution in [-0.4, -0.2) is 35.2 Å². The minimum Gasteiger partial charge on any atom is -0.493 e. The first-order valence-corrected chi connectivity index (χ1v) is 16.3. The SMILES string of the molecule is COc1cc(C=C2SC(=NC3CCCCC3)N(C3CCCCC3)C2=O)cc(I)c1OCc1ccc(Br)cc1. The van der Waals surface area contributed by atoms with Gasteiger partial charge < -0.3 is 9.47 Å². The van der Waals surface area contributed by atoms with Crippen molar-refractivity contribution in [3.63, 3.8) is 0 Å². The summed E-state index contributed by atoms with van der Waals surface area (Å²) in [6.45, 7) is 0.450. The molecule has 3 fully saturated rings. The number of amides is 1. The number of thioether (sulfide) groups is 1. The van der Waals surface area contributed by atoms with Crippen molar-refractivity contribution in [3.8, 4) is 11.5 Å². The lowest BCUT2D eigenvalue weighted by Gasteiger charge is -2.31. The summed E-state index contributed by atoms with van der Waals surface area (Å²) in [5.41, 5.74) is 2.01. The zero-order valence-electron chi connectivity index (χ0n) is 21.8. The van der Waals surface area contributed by atoms with Gasteiger partial charge in [-0.15, -0.1) is 0 Å². The summed E-state index contributed by atoms with van der Waals surface area (Å²) in [7, 11) is 1.66. The molecular weight excluding hydrogens is 675 g/mol. The number of halogens is 2. The first-order chi connectivity index (χ1) is 18.5. The fourth-order valence-electron chi connectivity index (χ4n) is 5.45. The number of carbonyl (C=O) groups excluding carboxylic acids is 1. The highest BCUT2D eigenvalue weighted by molar-refractivity contribution is 14.1. The zero-order valence-corrected chi connectivity index (χ0v) is 26.3. The Hall–Kier alpha value is -1.52. The van der Waals surface area contributed by atoms with Gasteiger partial charge in [-0.2, -0.15) is 0 Å². The Kier molecular flexibility index (Phi) is 9.75. The van der Waals surface area contributed by atoms with Gasteiger partial charge >= 0.3 is 0 Å². The van der Waals surface area contributed by atoms with Gasteiger partial charge in [-0.05, 0) is 102 Å². The van der Waals surface area contributed by atoms with Crippen molar-refractivity contribution >= 4 is 67.4 Å². The van der Waals surface area contributed by atoms with E-state index in [1.807, 2.05) is 41.3 Å². The highest BCUT2D eigenvalue weighted by Gasteiger charge is 2.39. The number of methoxy groups -OCH3 is 1. The van der Waals surface area contributed by atoms with Gasteiger partial charge in [0.15, 0.2) is 16.7 Å². The smallest absolute Gasteiger partial charge is 0.266 e. The van der Waals surface area contributed by atoms with E-state index in [0.29, 0.717) is 24.1 Å². The molecule has 2 aliphatic carbocycles. The van der Waals surface area contributed by atoms with E-state index >= 15 is 0 Å². The van der Waals surface area contributed by atoms with Crippen LogP contribution in [0.5, 0.6) is 11.5 Å². The van der Waals surface area contributed by atoms with Gasteiger partial charge in [0.25, 0.3) is 5.91 Å². The first-order valence-electron chi connectivity index (χ1n) is 13.6. The van der Waals surface area contributed by atoms with E-state index in [1.165, 1.54) is 38.5 Å². The average molecular weight is 709 g/mol. The highest BCUT2D eigenvalue weighted by atomic mass is 127. The lowest BCUT2D eigenvalue weighted by Crippen LogP contribution is -2.41. The third kappa shape index (κ3) is 6.78. The molecule has 1 saturated heterocycles. The fraction of sp³-hybridized carbons (Fsp3) is 0.467. The fourth-order valence-corrected chi connectivity index (χ4v) is 7.61. The Bertz CT molecular complexity index is 1200. The molecule has 2 saturated carbocycles. The summed E-state index contributed by atoms with van der Waals surface area (Å²) in [6.07, 6.45) is 13.8. The molecule has 202 valence electrons. The minimum absolute atomic E-state index is 0.0981. The normalized spacial score (nSPS) is 21.4. The van der Waals surface area contributed by atoms with Gasteiger partial charge in [0, 0.05) is 10.5 Å². The average Bonchev–Trinajstić information content (AvgIpc) is 3.23. The van der Waals surface area contributed by atoms with Gasteiger partial charge in [-0.3, -0.25) is 14.7 Å². The van der Waals surface area contributed by atoms with Crippen LogP contribution in [-0.2, 0) is 11.4 Å². The second kappa shape index (κ2) is 13.2. The Balaban J connectivity index is 1.39.